The number of thioether (sulfide) groups is 1. The second kappa shape index (κ2) is 8.14. The highest BCUT2D eigenvalue weighted by molar-refractivity contribution is 9.10. The van der Waals surface area contributed by atoms with Crippen molar-refractivity contribution in [2.45, 2.75) is 31.2 Å². The molecule has 0 amide bonds. The molecule has 0 bridgehead atoms. The van der Waals surface area contributed by atoms with Gasteiger partial charge >= 0.3 is 0 Å². The molecule has 0 saturated heterocycles. The van der Waals surface area contributed by atoms with Crippen LogP contribution in [0.3, 0.4) is 0 Å². The van der Waals surface area contributed by atoms with Crippen molar-refractivity contribution in [1.29, 1.82) is 0 Å². The van der Waals surface area contributed by atoms with Crippen molar-refractivity contribution in [2.75, 3.05) is 18.9 Å². The Morgan fingerprint density at radius 3 is 2.88 bits per heavy atom. The average molecular weight is 318 g/mol. The van der Waals surface area contributed by atoms with Gasteiger partial charge in [-0.2, -0.15) is 0 Å². The van der Waals surface area contributed by atoms with E-state index in [1.807, 2.05) is 0 Å². The van der Waals surface area contributed by atoms with Crippen molar-refractivity contribution in [3.05, 3.63) is 28.2 Å². The number of nitrogens with one attached hydrogen (secondary N) is 1. The first-order chi connectivity index (χ1) is 8.19. The van der Waals surface area contributed by atoms with Gasteiger partial charge in [0.05, 0.1) is 6.61 Å². The summed E-state index contributed by atoms with van der Waals surface area (Å²) < 4.78 is 1.10. The number of hydrogen-bond acceptors (Lipinski definition) is 3. The fourth-order valence-corrected chi connectivity index (χ4v) is 2.87. The maximum absolute atomic E-state index is 8.91. The highest BCUT2D eigenvalue weighted by Gasteiger charge is 2.10. The zero-order valence-corrected chi connectivity index (χ0v) is 12.8. The molecule has 0 radical (unpaired) electrons. The molecule has 0 heterocycles. The lowest BCUT2D eigenvalue weighted by molar-refractivity contribution is 0.322. The van der Waals surface area contributed by atoms with Crippen LogP contribution >= 0.6 is 27.7 Å². The average Bonchev–Trinajstić information content (AvgIpc) is 2.34. The van der Waals surface area contributed by atoms with Crippen molar-refractivity contribution in [2.24, 2.45) is 0 Å². The van der Waals surface area contributed by atoms with Crippen LogP contribution in [0.25, 0.3) is 0 Å². The summed E-state index contributed by atoms with van der Waals surface area (Å²) in [5.74, 6) is 0.745. The fraction of sp³-hybridized carbons (Fsp3) is 0.538. The zero-order valence-electron chi connectivity index (χ0n) is 10.4. The molecule has 1 rings (SSSR count). The van der Waals surface area contributed by atoms with Gasteiger partial charge in [0, 0.05) is 21.2 Å². The van der Waals surface area contributed by atoms with E-state index in [1.165, 1.54) is 10.5 Å². The van der Waals surface area contributed by atoms with E-state index in [0.29, 0.717) is 6.04 Å². The smallest absolute Gasteiger partial charge is 0.0525 e. The third-order valence-corrected chi connectivity index (χ3v) is 4.05. The first-order valence-corrected chi connectivity index (χ1v) is 7.73. The van der Waals surface area contributed by atoms with Gasteiger partial charge < -0.3 is 10.4 Å². The molecule has 0 spiro atoms. The molecular weight excluding hydrogens is 298 g/mol. The standard InChI is InChI=1S/C13H20BrNOS/c1-3-6-15-10(2)12-9-11(14)4-5-13(12)17-8-7-16/h4-5,9-10,15-16H,3,6-8H2,1-2H3. The van der Waals surface area contributed by atoms with Crippen LogP contribution < -0.4 is 5.32 Å². The maximum Gasteiger partial charge on any atom is 0.0525 e. The normalized spacial score (nSPS) is 12.7. The van der Waals surface area contributed by atoms with E-state index in [0.717, 1.165) is 23.2 Å². The maximum atomic E-state index is 8.91. The van der Waals surface area contributed by atoms with Crippen molar-refractivity contribution in [1.82, 2.24) is 5.32 Å². The van der Waals surface area contributed by atoms with E-state index in [1.54, 1.807) is 11.8 Å². The highest BCUT2D eigenvalue weighted by atomic mass is 79.9. The highest BCUT2D eigenvalue weighted by Crippen LogP contribution is 2.30. The molecule has 0 aliphatic carbocycles. The zero-order chi connectivity index (χ0) is 12.7. The van der Waals surface area contributed by atoms with Crippen molar-refractivity contribution in [3.8, 4) is 0 Å². The van der Waals surface area contributed by atoms with E-state index in [4.69, 9.17) is 5.11 Å². The molecule has 2 N–H and O–H groups in total. The Kier molecular flexibility index (Phi) is 7.19. The Morgan fingerprint density at radius 1 is 1.47 bits per heavy atom. The van der Waals surface area contributed by atoms with Crippen molar-refractivity contribution < 1.29 is 5.11 Å². The van der Waals surface area contributed by atoms with Gasteiger partial charge in [0.15, 0.2) is 0 Å². The second-order valence-electron chi connectivity index (χ2n) is 3.93. The number of aliphatic hydroxyl groups excluding tert-OH is 1. The second-order valence-corrected chi connectivity index (χ2v) is 5.98. The summed E-state index contributed by atoms with van der Waals surface area (Å²) >= 11 is 5.22. The van der Waals surface area contributed by atoms with Crippen LogP contribution in [-0.2, 0) is 0 Å². The molecule has 17 heavy (non-hydrogen) atoms. The molecule has 1 aromatic carbocycles. The number of benzene rings is 1. The Bertz CT molecular complexity index is 346. The minimum atomic E-state index is 0.219. The van der Waals surface area contributed by atoms with Crippen LogP contribution in [0.1, 0.15) is 31.9 Å². The monoisotopic (exact) mass is 317 g/mol. The Morgan fingerprint density at radius 2 is 2.24 bits per heavy atom. The summed E-state index contributed by atoms with van der Waals surface area (Å²) in [4.78, 5) is 1.25. The van der Waals surface area contributed by atoms with Gasteiger partial charge in [-0.15, -0.1) is 11.8 Å². The summed E-state index contributed by atoms with van der Waals surface area (Å²) in [6.45, 7) is 5.59. The lowest BCUT2D eigenvalue weighted by Gasteiger charge is -2.17. The molecule has 1 aromatic rings. The minimum absolute atomic E-state index is 0.219. The van der Waals surface area contributed by atoms with Crippen LogP contribution in [-0.4, -0.2) is 24.0 Å². The Hall–Kier alpha value is -0.0300. The number of rotatable bonds is 7. The van der Waals surface area contributed by atoms with E-state index in [9.17, 15) is 0 Å². The minimum Gasteiger partial charge on any atom is -0.396 e. The van der Waals surface area contributed by atoms with Gasteiger partial charge in [-0.1, -0.05) is 22.9 Å². The largest absolute Gasteiger partial charge is 0.396 e. The van der Waals surface area contributed by atoms with Crippen LogP contribution in [0, 0.1) is 0 Å². The lowest BCUT2D eigenvalue weighted by atomic mass is 10.1. The Balaban J connectivity index is 2.81. The third-order valence-electron chi connectivity index (χ3n) is 2.49. The SMILES string of the molecule is CCCNC(C)c1cc(Br)ccc1SCCO. The van der Waals surface area contributed by atoms with Gasteiger partial charge in [-0.05, 0) is 43.7 Å². The van der Waals surface area contributed by atoms with Crippen LogP contribution in [0.2, 0.25) is 0 Å². The van der Waals surface area contributed by atoms with Gasteiger partial charge in [-0.3, -0.25) is 0 Å². The molecule has 0 saturated carbocycles. The topological polar surface area (TPSA) is 32.3 Å². The fourth-order valence-electron chi connectivity index (χ4n) is 1.62. The summed E-state index contributed by atoms with van der Waals surface area (Å²) in [6.07, 6.45) is 1.14. The number of aliphatic hydroxyl groups is 1. The summed E-state index contributed by atoms with van der Waals surface area (Å²) in [5, 5.41) is 12.4. The molecule has 0 aromatic heterocycles. The van der Waals surface area contributed by atoms with Crippen molar-refractivity contribution in [3.63, 3.8) is 0 Å². The molecule has 4 heteroatoms. The lowest BCUT2D eigenvalue weighted by Crippen LogP contribution is -2.19. The molecule has 0 fully saturated rings. The van der Waals surface area contributed by atoms with E-state index >= 15 is 0 Å². The molecule has 0 aliphatic rings. The molecule has 2 nitrogen and oxygen atoms in total. The van der Waals surface area contributed by atoms with Gasteiger partial charge in [-0.25, -0.2) is 0 Å². The molecule has 1 unspecified atom stereocenters. The summed E-state index contributed by atoms with van der Waals surface area (Å²) in [6, 6.07) is 6.67. The quantitative estimate of drug-likeness (QED) is 0.754. The van der Waals surface area contributed by atoms with Crippen LogP contribution in [0.5, 0.6) is 0 Å². The van der Waals surface area contributed by atoms with E-state index in [-0.39, 0.29) is 6.61 Å². The van der Waals surface area contributed by atoms with Crippen molar-refractivity contribution >= 4 is 27.7 Å². The predicted molar refractivity (Wildman–Crippen MR) is 78.7 cm³/mol. The first-order valence-electron chi connectivity index (χ1n) is 5.95. The summed E-state index contributed by atoms with van der Waals surface area (Å²) in [7, 11) is 0. The Labute approximate surface area is 116 Å². The van der Waals surface area contributed by atoms with E-state index in [2.05, 4.69) is 53.3 Å². The molecule has 0 aliphatic heterocycles. The third kappa shape index (κ3) is 5.00. The molecule has 1 atom stereocenters. The van der Waals surface area contributed by atoms with Gasteiger partial charge in [0.25, 0.3) is 0 Å². The van der Waals surface area contributed by atoms with Crippen LogP contribution in [0.15, 0.2) is 27.6 Å². The van der Waals surface area contributed by atoms with Gasteiger partial charge in [0.1, 0.15) is 0 Å². The van der Waals surface area contributed by atoms with E-state index < -0.39 is 0 Å². The van der Waals surface area contributed by atoms with Gasteiger partial charge in [0.2, 0.25) is 0 Å². The van der Waals surface area contributed by atoms with Crippen LogP contribution in [0.4, 0.5) is 0 Å². The molecular formula is C13H20BrNOS. The number of hydrogen-bond donors (Lipinski definition) is 2. The number of halogens is 1. The molecule has 96 valence electrons. The predicted octanol–water partition coefficient (Wildman–Crippen LogP) is 3.59. The summed E-state index contributed by atoms with van der Waals surface area (Å²) in [5.41, 5.74) is 1.30. The first kappa shape index (κ1) is 15.0.